The zero-order valence-corrected chi connectivity index (χ0v) is 21.1. The van der Waals surface area contributed by atoms with Gasteiger partial charge in [-0.3, -0.25) is 9.59 Å². The molecule has 3 atom stereocenters. The van der Waals surface area contributed by atoms with Gasteiger partial charge in [-0.25, -0.2) is 4.39 Å². The van der Waals surface area contributed by atoms with Gasteiger partial charge in [-0.1, -0.05) is 87.4 Å². The summed E-state index contributed by atoms with van der Waals surface area (Å²) in [5, 5.41) is 6.94. The first-order chi connectivity index (χ1) is 17.2. The van der Waals surface area contributed by atoms with Crippen molar-refractivity contribution >= 4 is 11.8 Å². The summed E-state index contributed by atoms with van der Waals surface area (Å²) in [7, 11) is 0. The maximum atomic E-state index is 14.5. The van der Waals surface area contributed by atoms with Gasteiger partial charge in [0.15, 0.2) is 5.82 Å². The second kappa shape index (κ2) is 11.0. The smallest absolute Gasteiger partial charge is 0.243 e. The minimum atomic E-state index is -1.28. The number of carbonyl (C=O) groups excluding carboxylic acids is 2. The number of rotatable bonds is 8. The molecule has 7 nitrogen and oxygen atoms in total. The lowest BCUT2D eigenvalue weighted by Crippen LogP contribution is -2.47. The van der Waals surface area contributed by atoms with Crippen molar-refractivity contribution in [2.24, 2.45) is 0 Å². The second-order valence-electron chi connectivity index (χ2n) is 9.95. The Balaban J connectivity index is 1.53. The number of carbonyl (C=O) groups is 2. The third kappa shape index (κ3) is 5.80. The van der Waals surface area contributed by atoms with Crippen LogP contribution < -0.4 is 5.32 Å². The van der Waals surface area contributed by atoms with Crippen molar-refractivity contribution in [3.05, 3.63) is 83.0 Å². The quantitative estimate of drug-likeness (QED) is 0.492. The van der Waals surface area contributed by atoms with Gasteiger partial charge in [0.05, 0.1) is 19.0 Å². The van der Waals surface area contributed by atoms with Gasteiger partial charge in [-0.2, -0.15) is 4.98 Å². The highest BCUT2D eigenvalue weighted by Crippen LogP contribution is 2.27. The van der Waals surface area contributed by atoms with Crippen LogP contribution >= 0.6 is 0 Å². The molecule has 2 heterocycles. The standard InChI is InChI=1S/C28H33FN4O3/c1-17(2)19-10-12-21(13-11-19)26(20-8-6-5-7-9-20)31-27(35)23-14-22(29)16-33(23)25(34)15-24-30-28(18(3)4)36-32-24/h5-13,17-18,22-23,26H,14-16H2,1-4H3,(H,31,35)/t22-,23+,26+/m1/s1. The number of aromatic nitrogens is 2. The highest BCUT2D eigenvalue weighted by Gasteiger charge is 2.40. The largest absolute Gasteiger partial charge is 0.343 e. The Morgan fingerprint density at radius 3 is 2.25 bits per heavy atom. The van der Waals surface area contributed by atoms with Crippen LogP contribution in [0.25, 0.3) is 0 Å². The van der Waals surface area contributed by atoms with Crippen LogP contribution in [-0.2, 0) is 16.0 Å². The maximum Gasteiger partial charge on any atom is 0.243 e. The highest BCUT2D eigenvalue weighted by molar-refractivity contribution is 5.89. The Morgan fingerprint density at radius 2 is 1.64 bits per heavy atom. The number of benzene rings is 2. The molecule has 8 heteroatoms. The molecule has 4 rings (SSSR count). The number of hydrogen-bond acceptors (Lipinski definition) is 5. The van der Waals surface area contributed by atoms with Gasteiger partial charge in [0.25, 0.3) is 0 Å². The van der Waals surface area contributed by atoms with E-state index in [4.69, 9.17) is 4.52 Å². The minimum absolute atomic E-state index is 0.0337. The summed E-state index contributed by atoms with van der Waals surface area (Å²) in [6, 6.07) is 16.4. The van der Waals surface area contributed by atoms with Crippen molar-refractivity contribution in [1.29, 1.82) is 0 Å². The van der Waals surface area contributed by atoms with Gasteiger partial charge in [0.2, 0.25) is 17.7 Å². The van der Waals surface area contributed by atoms with Gasteiger partial charge in [0, 0.05) is 12.3 Å². The Labute approximate surface area is 211 Å². The van der Waals surface area contributed by atoms with Gasteiger partial charge in [-0.15, -0.1) is 0 Å². The van der Waals surface area contributed by atoms with Crippen molar-refractivity contribution < 1.29 is 18.5 Å². The Hall–Kier alpha value is -3.55. The molecule has 1 N–H and O–H groups in total. The van der Waals surface area contributed by atoms with E-state index in [1.54, 1.807) is 0 Å². The fourth-order valence-corrected chi connectivity index (χ4v) is 4.44. The van der Waals surface area contributed by atoms with Crippen molar-refractivity contribution in [3.8, 4) is 0 Å². The second-order valence-corrected chi connectivity index (χ2v) is 9.95. The molecule has 3 aromatic rings. The number of halogens is 1. The van der Waals surface area contributed by atoms with Crippen LogP contribution in [0, 0.1) is 0 Å². The van der Waals surface area contributed by atoms with Crippen molar-refractivity contribution in [1.82, 2.24) is 20.4 Å². The minimum Gasteiger partial charge on any atom is -0.343 e. The van der Waals surface area contributed by atoms with Gasteiger partial charge >= 0.3 is 0 Å². The van der Waals surface area contributed by atoms with E-state index >= 15 is 0 Å². The SMILES string of the molecule is CC(C)c1ccc([C@@H](NC(=O)[C@@H]2C[C@@H](F)CN2C(=O)Cc2noc(C(C)C)n2)c2ccccc2)cc1. The van der Waals surface area contributed by atoms with Crippen LogP contribution in [0.5, 0.6) is 0 Å². The maximum absolute atomic E-state index is 14.5. The molecular formula is C28H33FN4O3. The number of alkyl halides is 1. The molecule has 2 amide bonds. The first kappa shape index (κ1) is 25.5. The summed E-state index contributed by atoms with van der Waals surface area (Å²) in [6.45, 7) is 7.94. The van der Waals surface area contributed by atoms with Gasteiger partial charge < -0.3 is 14.7 Å². The number of nitrogens with one attached hydrogen (secondary N) is 1. The summed E-state index contributed by atoms with van der Waals surface area (Å²) < 4.78 is 19.6. The molecule has 1 aliphatic heterocycles. The lowest BCUT2D eigenvalue weighted by molar-refractivity contribution is -0.138. The van der Waals surface area contributed by atoms with Crippen LogP contribution in [0.15, 0.2) is 59.1 Å². The van der Waals surface area contributed by atoms with Crippen molar-refractivity contribution in [2.75, 3.05) is 6.54 Å². The number of likely N-dealkylation sites (tertiary alicyclic amines) is 1. The van der Waals surface area contributed by atoms with Crippen LogP contribution in [-0.4, -0.2) is 45.6 Å². The average Bonchev–Trinajstić information content (AvgIpc) is 3.50. The topological polar surface area (TPSA) is 88.3 Å². The predicted molar refractivity (Wildman–Crippen MR) is 134 cm³/mol. The molecule has 1 fully saturated rings. The zero-order chi connectivity index (χ0) is 25.8. The van der Waals surface area contributed by atoms with E-state index in [1.807, 2.05) is 56.3 Å². The molecule has 0 radical (unpaired) electrons. The van der Waals surface area contributed by atoms with Gasteiger partial charge in [-0.05, 0) is 22.6 Å². The van der Waals surface area contributed by atoms with Gasteiger partial charge in [0.1, 0.15) is 12.2 Å². The summed E-state index contributed by atoms with van der Waals surface area (Å²) in [4.78, 5) is 32.0. The third-order valence-electron chi connectivity index (χ3n) is 6.52. The zero-order valence-electron chi connectivity index (χ0n) is 21.1. The number of nitrogens with zero attached hydrogens (tertiary/aromatic N) is 3. The predicted octanol–water partition coefficient (Wildman–Crippen LogP) is 4.70. The number of hydrogen-bond donors (Lipinski definition) is 1. The molecule has 1 aromatic heterocycles. The molecule has 0 bridgehead atoms. The van der Waals surface area contributed by atoms with Crippen LogP contribution in [0.2, 0.25) is 0 Å². The molecule has 1 aliphatic rings. The van der Waals surface area contributed by atoms with E-state index in [1.165, 1.54) is 10.5 Å². The average molecular weight is 493 g/mol. The van der Waals surface area contributed by atoms with E-state index in [2.05, 4.69) is 41.4 Å². The molecule has 36 heavy (non-hydrogen) atoms. The summed E-state index contributed by atoms with van der Waals surface area (Å²) in [6.07, 6.45) is -1.47. The molecule has 0 spiro atoms. The monoisotopic (exact) mass is 492 g/mol. The van der Waals surface area contributed by atoms with Crippen molar-refractivity contribution in [3.63, 3.8) is 0 Å². The highest BCUT2D eigenvalue weighted by atomic mass is 19.1. The molecule has 1 saturated heterocycles. The van der Waals surface area contributed by atoms with E-state index < -0.39 is 24.2 Å². The Morgan fingerprint density at radius 1 is 1.00 bits per heavy atom. The van der Waals surface area contributed by atoms with E-state index in [0.717, 1.165) is 11.1 Å². The van der Waals surface area contributed by atoms with E-state index in [9.17, 15) is 14.0 Å². The summed E-state index contributed by atoms with van der Waals surface area (Å²) in [5.41, 5.74) is 3.02. The molecule has 0 saturated carbocycles. The fourth-order valence-electron chi connectivity index (χ4n) is 4.44. The fraction of sp³-hybridized carbons (Fsp3) is 0.429. The Kier molecular flexibility index (Phi) is 7.82. The lowest BCUT2D eigenvalue weighted by atomic mass is 9.95. The molecule has 0 unspecified atom stereocenters. The lowest BCUT2D eigenvalue weighted by Gasteiger charge is -2.27. The van der Waals surface area contributed by atoms with Crippen LogP contribution in [0.4, 0.5) is 4.39 Å². The Bertz CT molecular complexity index is 1180. The first-order valence-corrected chi connectivity index (χ1v) is 12.4. The molecule has 190 valence electrons. The summed E-state index contributed by atoms with van der Waals surface area (Å²) in [5.74, 6) is 0.305. The van der Waals surface area contributed by atoms with E-state index in [-0.39, 0.29) is 37.0 Å². The molecule has 2 aromatic carbocycles. The third-order valence-corrected chi connectivity index (χ3v) is 6.52. The van der Waals surface area contributed by atoms with Crippen molar-refractivity contribution in [2.45, 2.75) is 70.6 Å². The van der Waals surface area contributed by atoms with Crippen LogP contribution in [0.1, 0.15) is 80.4 Å². The summed E-state index contributed by atoms with van der Waals surface area (Å²) >= 11 is 0. The number of amides is 2. The molecular weight excluding hydrogens is 459 g/mol. The normalized spacial score (nSPS) is 18.6. The van der Waals surface area contributed by atoms with Crippen LogP contribution in [0.3, 0.4) is 0 Å². The van der Waals surface area contributed by atoms with E-state index in [0.29, 0.717) is 11.8 Å². The first-order valence-electron chi connectivity index (χ1n) is 12.4. The molecule has 0 aliphatic carbocycles.